The number of rotatable bonds is 4. The van der Waals surface area contributed by atoms with Crippen LogP contribution in [0.5, 0.6) is 0 Å². The molecule has 0 aliphatic carbocycles. The minimum Gasteiger partial charge on any atom is -0.252 e. The fourth-order valence-corrected chi connectivity index (χ4v) is 2.16. The fraction of sp³-hybridized carbons (Fsp3) is 1.00. The number of alkyl halides is 2. The van der Waals surface area contributed by atoms with E-state index >= 15 is 0 Å². The van der Waals surface area contributed by atoms with Crippen LogP contribution in [0.2, 0.25) is 0 Å². The molecular formula is C4H8Br3N. The van der Waals surface area contributed by atoms with Gasteiger partial charge in [-0.15, -0.1) is 0 Å². The second-order valence-corrected chi connectivity index (χ2v) is 3.34. The van der Waals surface area contributed by atoms with Crippen LogP contribution in [-0.4, -0.2) is 16.7 Å². The minimum atomic E-state index is 0.536. The lowest BCUT2D eigenvalue weighted by atomic mass is 10.3. The molecule has 1 atom stereocenters. The molecule has 0 spiro atoms. The Morgan fingerprint density at radius 2 is 2.00 bits per heavy atom. The van der Waals surface area contributed by atoms with Crippen LogP contribution in [0.25, 0.3) is 0 Å². The summed E-state index contributed by atoms with van der Waals surface area (Å²) in [5, 5.41) is 2.03. The zero-order chi connectivity index (χ0) is 6.41. The Kier molecular flexibility index (Phi) is 7.66. The van der Waals surface area contributed by atoms with Crippen molar-refractivity contribution in [1.29, 1.82) is 0 Å². The van der Waals surface area contributed by atoms with Crippen LogP contribution in [0, 0.1) is 0 Å². The third kappa shape index (κ3) is 4.30. The zero-order valence-corrected chi connectivity index (χ0v) is 9.09. The summed E-state index contributed by atoms with van der Waals surface area (Å²) in [6, 6.07) is 0.536. The van der Waals surface area contributed by atoms with Gasteiger partial charge in [0.05, 0.1) is 0 Å². The van der Waals surface area contributed by atoms with E-state index in [-0.39, 0.29) is 0 Å². The predicted molar refractivity (Wildman–Crippen MR) is 48.1 cm³/mol. The second-order valence-electron chi connectivity index (χ2n) is 1.44. The molecular weight excluding hydrogens is 302 g/mol. The van der Waals surface area contributed by atoms with Crippen LogP contribution in [-0.2, 0) is 0 Å². The normalized spacial score (nSPS) is 13.9. The number of hydrogen-bond acceptors (Lipinski definition) is 1. The lowest BCUT2D eigenvalue weighted by molar-refractivity contribution is 0.699. The van der Waals surface area contributed by atoms with E-state index in [1.807, 2.05) is 0 Å². The van der Waals surface area contributed by atoms with Crippen LogP contribution in [0.15, 0.2) is 0 Å². The molecule has 0 aromatic rings. The van der Waals surface area contributed by atoms with E-state index in [1.165, 1.54) is 0 Å². The first-order chi connectivity index (χ1) is 3.85. The van der Waals surface area contributed by atoms with Crippen LogP contribution in [0.3, 0.4) is 0 Å². The van der Waals surface area contributed by atoms with E-state index in [0.717, 1.165) is 17.1 Å². The molecule has 0 saturated carbocycles. The first kappa shape index (κ1) is 9.40. The standard InChI is InChI=1S/C4H8Br3N/c5-2-1-4(3-6)8-7/h4,8H,1-3H2. The highest BCUT2D eigenvalue weighted by Gasteiger charge is 2.00. The van der Waals surface area contributed by atoms with E-state index in [4.69, 9.17) is 0 Å². The molecule has 0 saturated heterocycles. The predicted octanol–water partition coefficient (Wildman–Crippen LogP) is 2.43. The van der Waals surface area contributed by atoms with Gasteiger partial charge >= 0.3 is 0 Å². The van der Waals surface area contributed by atoms with Crippen LogP contribution in [0.1, 0.15) is 6.42 Å². The van der Waals surface area contributed by atoms with Gasteiger partial charge in [0, 0.05) is 32.8 Å². The van der Waals surface area contributed by atoms with Crippen molar-refractivity contribution in [3.8, 4) is 0 Å². The van der Waals surface area contributed by atoms with E-state index < -0.39 is 0 Å². The van der Waals surface area contributed by atoms with Gasteiger partial charge in [-0.25, -0.2) is 0 Å². The molecule has 0 aliphatic rings. The first-order valence-corrected chi connectivity index (χ1v) is 5.36. The molecule has 50 valence electrons. The molecule has 0 aliphatic heterocycles. The SMILES string of the molecule is BrCCC(CBr)NBr. The summed E-state index contributed by atoms with van der Waals surface area (Å²) in [5.74, 6) is 0. The van der Waals surface area contributed by atoms with Gasteiger partial charge in [0.25, 0.3) is 0 Å². The molecule has 0 aromatic heterocycles. The van der Waals surface area contributed by atoms with Crippen LogP contribution < -0.4 is 4.34 Å². The fourth-order valence-electron chi connectivity index (χ4n) is 0.293. The summed E-state index contributed by atoms with van der Waals surface area (Å²) in [6.07, 6.45) is 1.14. The summed E-state index contributed by atoms with van der Waals surface area (Å²) in [6.45, 7) is 0. The van der Waals surface area contributed by atoms with Gasteiger partial charge in [-0.1, -0.05) is 31.9 Å². The van der Waals surface area contributed by atoms with Gasteiger partial charge in [0.2, 0.25) is 0 Å². The van der Waals surface area contributed by atoms with Gasteiger partial charge in [-0.2, -0.15) is 0 Å². The van der Waals surface area contributed by atoms with E-state index in [1.54, 1.807) is 0 Å². The molecule has 0 aromatic carbocycles. The summed E-state index contributed by atoms with van der Waals surface area (Å²) in [5.41, 5.74) is 0. The molecule has 0 fully saturated rings. The molecule has 0 heterocycles. The molecule has 1 N–H and O–H groups in total. The molecule has 0 rings (SSSR count). The maximum Gasteiger partial charge on any atom is 0.0279 e. The quantitative estimate of drug-likeness (QED) is 0.621. The molecule has 8 heavy (non-hydrogen) atoms. The Morgan fingerprint density at radius 3 is 2.12 bits per heavy atom. The number of nitrogens with one attached hydrogen (secondary N) is 1. The molecule has 0 radical (unpaired) electrons. The largest absolute Gasteiger partial charge is 0.252 e. The lowest BCUT2D eigenvalue weighted by Gasteiger charge is -2.07. The highest BCUT2D eigenvalue weighted by molar-refractivity contribution is 9.09. The molecule has 0 amide bonds. The highest BCUT2D eigenvalue weighted by Crippen LogP contribution is 2.00. The average Bonchev–Trinajstić information content (AvgIpc) is 1.83. The van der Waals surface area contributed by atoms with Gasteiger partial charge < -0.3 is 0 Å². The molecule has 1 nitrogen and oxygen atoms in total. The van der Waals surface area contributed by atoms with Crippen molar-refractivity contribution < 1.29 is 0 Å². The van der Waals surface area contributed by atoms with Crippen molar-refractivity contribution in [3.63, 3.8) is 0 Å². The Bertz CT molecular complexity index is 46.5. The third-order valence-corrected chi connectivity index (χ3v) is 2.69. The number of hydrogen-bond donors (Lipinski definition) is 1. The second kappa shape index (κ2) is 6.52. The summed E-state index contributed by atoms with van der Waals surface area (Å²) < 4.78 is 2.99. The Hall–Kier alpha value is 1.40. The van der Waals surface area contributed by atoms with Gasteiger partial charge in [-0.05, 0) is 6.42 Å². The van der Waals surface area contributed by atoms with Crippen molar-refractivity contribution in [2.24, 2.45) is 0 Å². The van der Waals surface area contributed by atoms with Crippen LogP contribution in [0.4, 0.5) is 0 Å². The molecule has 4 heteroatoms. The van der Waals surface area contributed by atoms with Crippen molar-refractivity contribution in [3.05, 3.63) is 0 Å². The summed E-state index contributed by atoms with van der Waals surface area (Å²) >= 11 is 9.89. The Labute approximate surface area is 75.2 Å². The van der Waals surface area contributed by atoms with Gasteiger partial charge in [-0.3, -0.25) is 4.34 Å². The minimum absolute atomic E-state index is 0.536. The smallest absolute Gasteiger partial charge is 0.0279 e. The highest BCUT2D eigenvalue weighted by atomic mass is 79.9. The molecule has 1 unspecified atom stereocenters. The Balaban J connectivity index is 3.07. The maximum atomic E-state index is 3.36. The average molecular weight is 310 g/mol. The van der Waals surface area contributed by atoms with Crippen molar-refractivity contribution in [2.45, 2.75) is 12.5 Å². The van der Waals surface area contributed by atoms with Gasteiger partial charge in [0.15, 0.2) is 0 Å². The molecule has 0 bridgehead atoms. The topological polar surface area (TPSA) is 12.0 Å². The van der Waals surface area contributed by atoms with Crippen molar-refractivity contribution >= 4 is 48.0 Å². The monoisotopic (exact) mass is 307 g/mol. The Morgan fingerprint density at radius 1 is 1.38 bits per heavy atom. The summed E-state index contributed by atoms with van der Waals surface area (Å²) in [4.78, 5) is 0. The van der Waals surface area contributed by atoms with Crippen molar-refractivity contribution in [1.82, 2.24) is 4.34 Å². The van der Waals surface area contributed by atoms with Crippen LogP contribution >= 0.6 is 48.0 Å². The first-order valence-electron chi connectivity index (χ1n) is 2.33. The zero-order valence-electron chi connectivity index (χ0n) is 4.33. The van der Waals surface area contributed by atoms with Gasteiger partial charge in [0.1, 0.15) is 0 Å². The number of halogens is 3. The van der Waals surface area contributed by atoms with E-state index in [2.05, 4.69) is 52.3 Å². The lowest BCUT2D eigenvalue weighted by Crippen LogP contribution is -2.21. The maximum absolute atomic E-state index is 3.36. The van der Waals surface area contributed by atoms with E-state index in [9.17, 15) is 0 Å². The van der Waals surface area contributed by atoms with Crippen molar-refractivity contribution in [2.75, 3.05) is 10.7 Å². The summed E-state index contributed by atoms with van der Waals surface area (Å²) in [7, 11) is 0. The third-order valence-electron chi connectivity index (χ3n) is 0.798. The van der Waals surface area contributed by atoms with E-state index in [0.29, 0.717) is 6.04 Å².